The summed E-state index contributed by atoms with van der Waals surface area (Å²) < 4.78 is 0. The molecule has 0 saturated heterocycles. The van der Waals surface area contributed by atoms with Crippen LogP contribution in [0.15, 0.2) is 0 Å². The van der Waals surface area contributed by atoms with Crippen molar-refractivity contribution in [2.45, 2.75) is 39.5 Å². The van der Waals surface area contributed by atoms with Crippen molar-refractivity contribution in [3.8, 4) is 0 Å². The Hall–Kier alpha value is -0.160. The monoisotopic (exact) mass is 180 g/mol. The third kappa shape index (κ3) is 16.4. The summed E-state index contributed by atoms with van der Waals surface area (Å²) in [4.78, 5) is 9.75. The summed E-state index contributed by atoms with van der Waals surface area (Å²) in [7, 11) is 0. The first kappa shape index (κ1) is 14.4. The summed E-state index contributed by atoms with van der Waals surface area (Å²) in [6.45, 7) is 5.74. The lowest BCUT2D eigenvalue weighted by atomic mass is 10.4. The van der Waals surface area contributed by atoms with Crippen LogP contribution in [0.25, 0.3) is 0 Å². The van der Waals surface area contributed by atoms with Crippen molar-refractivity contribution < 1.29 is 20.3 Å². The van der Waals surface area contributed by atoms with Crippen LogP contribution in [0.2, 0.25) is 0 Å². The maximum atomic E-state index is 6.00. The molecule has 0 fully saturated rings. The molecule has 0 unspecified atom stereocenters. The molecule has 76 valence electrons. The molecule has 0 bridgehead atoms. The minimum atomic E-state index is 0.736. The molecule has 0 aliphatic carbocycles. The summed E-state index contributed by atoms with van der Waals surface area (Å²) in [5.41, 5.74) is 0. The Morgan fingerprint density at radius 3 is 1.42 bits per heavy atom. The van der Waals surface area contributed by atoms with Crippen molar-refractivity contribution in [1.29, 1.82) is 0 Å². The third-order valence-corrected chi connectivity index (χ3v) is 1.25. The first-order valence-corrected chi connectivity index (χ1v) is 4.36. The van der Waals surface area contributed by atoms with Crippen LogP contribution in [-0.4, -0.2) is 23.7 Å². The van der Waals surface area contributed by atoms with Crippen molar-refractivity contribution in [1.82, 2.24) is 0 Å². The minimum absolute atomic E-state index is 0.736. The van der Waals surface area contributed by atoms with Gasteiger partial charge in [-0.2, -0.15) is 0 Å². The van der Waals surface area contributed by atoms with E-state index in [1.54, 1.807) is 0 Å². The van der Waals surface area contributed by atoms with Gasteiger partial charge in [-0.1, -0.05) is 26.7 Å². The van der Waals surface area contributed by atoms with E-state index < -0.39 is 0 Å². The van der Waals surface area contributed by atoms with Crippen LogP contribution >= 0.6 is 0 Å². The molecule has 0 radical (unpaired) electrons. The van der Waals surface area contributed by atoms with E-state index >= 15 is 0 Å². The number of hydrogen-bond acceptors (Lipinski definition) is 4. The van der Waals surface area contributed by atoms with E-state index in [1.165, 1.54) is 0 Å². The molecule has 4 heteroatoms. The van der Waals surface area contributed by atoms with Crippen LogP contribution < -0.4 is 0 Å². The Kier molecular flexibility index (Phi) is 20.4. The lowest BCUT2D eigenvalue weighted by Gasteiger charge is -2.00. The summed E-state index contributed by atoms with van der Waals surface area (Å²) in [5, 5.41) is 12.0. The maximum Gasteiger partial charge on any atom is 0.0822 e. The molecule has 0 atom stereocenters. The van der Waals surface area contributed by atoms with Crippen molar-refractivity contribution in [3.63, 3.8) is 0 Å². The van der Waals surface area contributed by atoms with Gasteiger partial charge in [-0.3, -0.25) is 10.5 Å². The zero-order valence-corrected chi connectivity index (χ0v) is 7.95. The van der Waals surface area contributed by atoms with Crippen LogP contribution in [0, 0.1) is 0 Å². The molecule has 0 aliphatic heterocycles. The Labute approximate surface area is 74.0 Å². The zero-order valence-electron chi connectivity index (χ0n) is 7.95. The molecule has 0 rings (SSSR count). The molecule has 2 N–H and O–H groups in total. The maximum absolute atomic E-state index is 6.00. The second-order valence-corrected chi connectivity index (χ2v) is 2.35. The van der Waals surface area contributed by atoms with Crippen LogP contribution in [0.1, 0.15) is 39.5 Å². The highest BCUT2D eigenvalue weighted by atomic mass is 17.2. The minimum Gasteiger partial charge on any atom is -0.255 e. The van der Waals surface area contributed by atoms with Gasteiger partial charge in [0.05, 0.1) is 13.2 Å². The predicted octanol–water partition coefficient (Wildman–Crippen LogP) is 2.55. The topological polar surface area (TPSA) is 58.9 Å². The van der Waals surface area contributed by atoms with E-state index in [9.17, 15) is 0 Å². The summed E-state index contributed by atoms with van der Waals surface area (Å²) in [6, 6.07) is 0. The predicted molar refractivity (Wildman–Crippen MR) is 47.0 cm³/mol. The van der Waals surface area contributed by atoms with Crippen LogP contribution in [0.3, 0.4) is 0 Å². The highest BCUT2D eigenvalue weighted by molar-refractivity contribution is 4.28. The van der Waals surface area contributed by atoms with E-state index in [0.29, 0.717) is 0 Å². The van der Waals surface area contributed by atoms with E-state index in [0.717, 1.165) is 38.9 Å². The van der Waals surface area contributed by atoms with Gasteiger partial charge in [0.15, 0.2) is 0 Å². The van der Waals surface area contributed by atoms with Crippen molar-refractivity contribution >= 4 is 0 Å². The molecule has 0 aromatic rings. The fourth-order valence-corrected chi connectivity index (χ4v) is 0.524. The Balaban J connectivity index is 0. The Bertz CT molecular complexity index is 51.0. The summed E-state index contributed by atoms with van der Waals surface area (Å²) in [5.74, 6) is 0. The smallest absolute Gasteiger partial charge is 0.0822 e. The number of rotatable bonds is 7. The number of unbranched alkanes of at least 4 members (excludes halogenated alkanes) is 2. The lowest BCUT2D eigenvalue weighted by molar-refractivity contribution is -0.295. The molecule has 0 spiro atoms. The van der Waals surface area contributed by atoms with E-state index in [4.69, 9.17) is 20.3 Å². The summed E-state index contributed by atoms with van der Waals surface area (Å²) >= 11 is 0. The third-order valence-electron chi connectivity index (χ3n) is 1.25. The van der Waals surface area contributed by atoms with Gasteiger partial charge in [-0.05, 0) is 12.8 Å². The van der Waals surface area contributed by atoms with Crippen molar-refractivity contribution in [2.75, 3.05) is 13.2 Å². The highest BCUT2D eigenvalue weighted by Gasteiger charge is 1.86. The fourth-order valence-electron chi connectivity index (χ4n) is 0.524. The second kappa shape index (κ2) is 17.1. The van der Waals surface area contributed by atoms with Gasteiger partial charge in [-0.15, -0.1) is 0 Å². The average molecular weight is 180 g/mol. The molecule has 0 amide bonds. The van der Waals surface area contributed by atoms with Crippen LogP contribution in [0.4, 0.5) is 0 Å². The van der Waals surface area contributed by atoms with Gasteiger partial charge < -0.3 is 0 Å². The SMILES string of the molecule is CCCCOOCCCC.OO. The number of hydrogen-bond donors (Lipinski definition) is 2. The van der Waals surface area contributed by atoms with Gasteiger partial charge in [-0.25, -0.2) is 9.78 Å². The van der Waals surface area contributed by atoms with Gasteiger partial charge in [0, 0.05) is 0 Å². The molecule has 0 aromatic carbocycles. The first-order valence-electron chi connectivity index (χ1n) is 4.36. The Morgan fingerprint density at radius 2 is 1.17 bits per heavy atom. The average Bonchev–Trinajstić information content (AvgIpc) is 2.15. The van der Waals surface area contributed by atoms with Gasteiger partial charge in [0.2, 0.25) is 0 Å². The van der Waals surface area contributed by atoms with Crippen molar-refractivity contribution in [3.05, 3.63) is 0 Å². The molecule has 12 heavy (non-hydrogen) atoms. The fraction of sp³-hybridized carbons (Fsp3) is 1.00. The molecule has 4 nitrogen and oxygen atoms in total. The van der Waals surface area contributed by atoms with E-state index in [2.05, 4.69) is 13.8 Å². The van der Waals surface area contributed by atoms with Gasteiger partial charge in [0.1, 0.15) is 0 Å². The molecule has 0 aromatic heterocycles. The molecule has 0 heterocycles. The second-order valence-electron chi connectivity index (χ2n) is 2.35. The normalized spacial score (nSPS) is 9.00. The lowest BCUT2D eigenvalue weighted by Crippen LogP contribution is -1.97. The van der Waals surface area contributed by atoms with Gasteiger partial charge >= 0.3 is 0 Å². The van der Waals surface area contributed by atoms with Crippen LogP contribution in [-0.2, 0) is 9.78 Å². The van der Waals surface area contributed by atoms with E-state index in [1.807, 2.05) is 0 Å². The Morgan fingerprint density at radius 1 is 0.833 bits per heavy atom. The first-order chi connectivity index (χ1) is 5.91. The van der Waals surface area contributed by atoms with Gasteiger partial charge in [0.25, 0.3) is 0 Å². The molecular weight excluding hydrogens is 160 g/mol. The summed E-state index contributed by atoms with van der Waals surface area (Å²) in [6.07, 6.45) is 4.51. The highest BCUT2D eigenvalue weighted by Crippen LogP contribution is 1.91. The van der Waals surface area contributed by atoms with Crippen LogP contribution in [0.5, 0.6) is 0 Å². The standard InChI is InChI=1S/C8H18O2.H2O2/c1-3-5-7-9-10-8-6-4-2;1-2/h3-8H2,1-2H3;1-2H. The van der Waals surface area contributed by atoms with Crippen molar-refractivity contribution in [2.24, 2.45) is 0 Å². The molecule has 0 aliphatic rings. The quantitative estimate of drug-likeness (QED) is 0.359. The zero-order chi connectivity index (χ0) is 9.66. The van der Waals surface area contributed by atoms with E-state index in [-0.39, 0.29) is 0 Å². The largest absolute Gasteiger partial charge is 0.255 e. The molecular formula is C8H20O4. The molecule has 0 saturated carbocycles.